The van der Waals surface area contributed by atoms with E-state index in [1.54, 1.807) is 0 Å². The quantitative estimate of drug-likeness (QED) is 0.176. The molecule has 0 N–H and O–H groups in total. The molecular weight excluding hydrogens is 634 g/mol. The van der Waals surface area contributed by atoms with Gasteiger partial charge in [-0.1, -0.05) is 139 Å². The van der Waals surface area contributed by atoms with Crippen molar-refractivity contribution in [1.29, 1.82) is 0 Å². The van der Waals surface area contributed by atoms with Crippen LogP contribution in [-0.2, 0) is 0 Å². The Labute approximate surface area is 292 Å². The van der Waals surface area contributed by atoms with Crippen LogP contribution in [0.1, 0.15) is 0 Å². The number of fused-ring (bicyclic) bond motifs is 8. The standard InChI is InChI=1S/C45H26ClN3O/c46-39-19-9-18-36-41-37-26-32(21-20-28(37)22-23-40(41)50-42(36)39)44-47-43(31-14-8-13-29(24-31)27-10-2-1-3-11-27)48-45(49-44)38-25-30-12-4-5-15-33(30)34-16-6-7-17-35(34)38/h1-26H. The first-order chi connectivity index (χ1) is 24.7. The van der Waals surface area contributed by atoms with Gasteiger partial charge in [0, 0.05) is 27.5 Å². The van der Waals surface area contributed by atoms with E-state index in [2.05, 4.69) is 133 Å². The lowest BCUT2D eigenvalue weighted by atomic mass is 9.96. The Balaban J connectivity index is 1.24. The number of rotatable bonds is 4. The van der Waals surface area contributed by atoms with Gasteiger partial charge in [0.25, 0.3) is 0 Å². The van der Waals surface area contributed by atoms with Crippen molar-refractivity contribution in [3.8, 4) is 45.3 Å². The van der Waals surface area contributed by atoms with Crippen LogP contribution in [0, 0.1) is 0 Å². The summed E-state index contributed by atoms with van der Waals surface area (Å²) in [5.74, 6) is 1.83. The van der Waals surface area contributed by atoms with Gasteiger partial charge in [0.2, 0.25) is 0 Å². The van der Waals surface area contributed by atoms with Crippen LogP contribution in [0.5, 0.6) is 0 Å². The predicted molar refractivity (Wildman–Crippen MR) is 206 cm³/mol. The topological polar surface area (TPSA) is 51.8 Å². The van der Waals surface area contributed by atoms with E-state index in [4.69, 9.17) is 31.0 Å². The number of halogens is 1. The minimum atomic E-state index is 0.593. The number of furan rings is 1. The van der Waals surface area contributed by atoms with Gasteiger partial charge in [-0.3, -0.25) is 0 Å². The molecule has 0 aliphatic heterocycles. The van der Waals surface area contributed by atoms with E-state index < -0.39 is 0 Å². The highest BCUT2D eigenvalue weighted by molar-refractivity contribution is 6.36. The maximum atomic E-state index is 6.57. The van der Waals surface area contributed by atoms with Crippen LogP contribution in [0.4, 0.5) is 0 Å². The number of nitrogens with zero attached hydrogens (tertiary/aromatic N) is 3. The molecule has 2 aromatic heterocycles. The van der Waals surface area contributed by atoms with Gasteiger partial charge in [0.05, 0.1) is 5.02 Å². The van der Waals surface area contributed by atoms with Gasteiger partial charge in [-0.05, 0) is 73.8 Å². The molecule has 0 bridgehead atoms. The molecule has 0 aliphatic rings. The third kappa shape index (κ3) is 4.65. The van der Waals surface area contributed by atoms with Crippen molar-refractivity contribution in [2.75, 3.05) is 0 Å². The molecule has 0 fully saturated rings. The van der Waals surface area contributed by atoms with Crippen LogP contribution < -0.4 is 0 Å². The molecule has 10 aromatic rings. The van der Waals surface area contributed by atoms with Crippen LogP contribution in [0.2, 0.25) is 5.02 Å². The highest BCUT2D eigenvalue weighted by Crippen LogP contribution is 2.40. The van der Waals surface area contributed by atoms with Crippen molar-refractivity contribution in [2.45, 2.75) is 0 Å². The van der Waals surface area contributed by atoms with Gasteiger partial charge in [-0.2, -0.15) is 0 Å². The summed E-state index contributed by atoms with van der Waals surface area (Å²) in [5.41, 5.74) is 6.47. The van der Waals surface area contributed by atoms with Crippen LogP contribution in [0.25, 0.3) is 99.5 Å². The molecule has 0 saturated carbocycles. The summed E-state index contributed by atoms with van der Waals surface area (Å²) in [6.07, 6.45) is 0. The van der Waals surface area contributed by atoms with E-state index in [1.807, 2.05) is 24.3 Å². The van der Waals surface area contributed by atoms with Gasteiger partial charge in [-0.15, -0.1) is 0 Å². The lowest BCUT2D eigenvalue weighted by Gasteiger charge is -2.13. The average Bonchev–Trinajstić information content (AvgIpc) is 3.58. The molecule has 234 valence electrons. The van der Waals surface area contributed by atoms with Crippen molar-refractivity contribution >= 4 is 65.9 Å². The molecular formula is C45H26ClN3O. The molecule has 0 atom stereocenters. The van der Waals surface area contributed by atoms with E-state index in [-0.39, 0.29) is 0 Å². The largest absolute Gasteiger partial charge is 0.454 e. The number of para-hydroxylation sites is 1. The summed E-state index contributed by atoms with van der Waals surface area (Å²) in [4.78, 5) is 15.6. The maximum Gasteiger partial charge on any atom is 0.164 e. The van der Waals surface area contributed by atoms with Crippen molar-refractivity contribution in [1.82, 2.24) is 15.0 Å². The highest BCUT2D eigenvalue weighted by Gasteiger charge is 2.18. The summed E-state index contributed by atoms with van der Waals surface area (Å²) < 4.78 is 6.24. The molecule has 8 aromatic carbocycles. The number of aromatic nitrogens is 3. The van der Waals surface area contributed by atoms with Gasteiger partial charge < -0.3 is 4.42 Å². The van der Waals surface area contributed by atoms with E-state index in [9.17, 15) is 0 Å². The number of hydrogen-bond donors (Lipinski definition) is 0. The second-order valence-corrected chi connectivity index (χ2v) is 12.9. The van der Waals surface area contributed by atoms with E-state index >= 15 is 0 Å². The Hall–Kier alpha value is -6.36. The molecule has 10 rings (SSSR count). The SMILES string of the molecule is Clc1cccc2c1oc1ccc3ccc(-c4nc(-c5cccc(-c6ccccc6)c5)nc(-c5cc6ccccc6c6ccccc56)n4)cc3c12. The first-order valence-corrected chi connectivity index (χ1v) is 16.9. The third-order valence-electron chi connectivity index (χ3n) is 9.56. The van der Waals surface area contributed by atoms with E-state index in [1.165, 1.54) is 5.39 Å². The first kappa shape index (κ1) is 28.6. The highest BCUT2D eigenvalue weighted by atomic mass is 35.5. The van der Waals surface area contributed by atoms with Gasteiger partial charge in [0.15, 0.2) is 23.1 Å². The van der Waals surface area contributed by atoms with Crippen molar-refractivity contribution < 1.29 is 4.42 Å². The van der Waals surface area contributed by atoms with Crippen molar-refractivity contribution in [2.24, 2.45) is 0 Å². The van der Waals surface area contributed by atoms with E-state index in [0.717, 1.165) is 71.1 Å². The zero-order valence-electron chi connectivity index (χ0n) is 26.6. The summed E-state index contributed by atoms with van der Waals surface area (Å²) >= 11 is 6.57. The molecule has 0 radical (unpaired) electrons. The second kappa shape index (κ2) is 11.4. The average molecular weight is 660 g/mol. The molecule has 2 heterocycles. The Morgan fingerprint density at radius 1 is 0.400 bits per heavy atom. The molecule has 5 heteroatoms. The number of benzene rings is 8. The predicted octanol–water partition coefficient (Wildman–Crippen LogP) is 12.6. The summed E-state index contributed by atoms with van der Waals surface area (Å²) in [6.45, 7) is 0. The molecule has 0 saturated heterocycles. The second-order valence-electron chi connectivity index (χ2n) is 12.5. The minimum absolute atomic E-state index is 0.593. The fourth-order valence-corrected chi connectivity index (χ4v) is 7.40. The smallest absolute Gasteiger partial charge is 0.164 e. The monoisotopic (exact) mass is 659 g/mol. The number of hydrogen-bond acceptors (Lipinski definition) is 4. The fourth-order valence-electron chi connectivity index (χ4n) is 7.18. The first-order valence-electron chi connectivity index (χ1n) is 16.5. The Bertz CT molecular complexity index is 2950. The van der Waals surface area contributed by atoms with Crippen molar-refractivity contribution in [3.63, 3.8) is 0 Å². The minimum Gasteiger partial charge on any atom is -0.454 e. The maximum absolute atomic E-state index is 6.57. The Kier molecular flexibility index (Phi) is 6.51. The van der Waals surface area contributed by atoms with Crippen LogP contribution >= 0.6 is 11.6 Å². The summed E-state index contributed by atoms with van der Waals surface area (Å²) in [6, 6.07) is 54.3. The van der Waals surface area contributed by atoms with Crippen LogP contribution in [-0.4, -0.2) is 15.0 Å². The van der Waals surface area contributed by atoms with Crippen LogP contribution in [0.15, 0.2) is 162 Å². The van der Waals surface area contributed by atoms with Gasteiger partial charge >= 0.3 is 0 Å². The Morgan fingerprint density at radius 3 is 1.90 bits per heavy atom. The lowest BCUT2D eigenvalue weighted by Crippen LogP contribution is -2.01. The molecule has 4 nitrogen and oxygen atoms in total. The van der Waals surface area contributed by atoms with Gasteiger partial charge in [0.1, 0.15) is 5.58 Å². The fraction of sp³-hybridized carbons (Fsp3) is 0. The van der Waals surface area contributed by atoms with Gasteiger partial charge in [-0.25, -0.2) is 15.0 Å². The zero-order valence-corrected chi connectivity index (χ0v) is 27.4. The van der Waals surface area contributed by atoms with Crippen LogP contribution in [0.3, 0.4) is 0 Å². The third-order valence-corrected chi connectivity index (χ3v) is 9.86. The normalized spacial score (nSPS) is 11.7. The molecule has 0 amide bonds. The molecule has 0 spiro atoms. The van der Waals surface area contributed by atoms with E-state index in [0.29, 0.717) is 28.1 Å². The zero-order chi connectivity index (χ0) is 33.2. The molecule has 0 aliphatic carbocycles. The summed E-state index contributed by atoms with van der Waals surface area (Å²) in [7, 11) is 0. The molecule has 0 unspecified atom stereocenters. The summed E-state index contributed by atoms with van der Waals surface area (Å²) in [5, 5.41) is 9.32. The lowest BCUT2D eigenvalue weighted by molar-refractivity contribution is 0.669. The Morgan fingerprint density at radius 2 is 1.04 bits per heavy atom. The van der Waals surface area contributed by atoms with Crippen molar-refractivity contribution in [3.05, 3.63) is 163 Å². The molecule has 50 heavy (non-hydrogen) atoms.